The van der Waals surface area contributed by atoms with E-state index in [4.69, 9.17) is 0 Å². The molecule has 0 fully saturated rings. The fourth-order valence-electron chi connectivity index (χ4n) is 3.50. The molecule has 2 aromatic carbocycles. The lowest BCUT2D eigenvalue weighted by molar-refractivity contribution is 0.228. The van der Waals surface area contributed by atoms with Crippen LogP contribution in [0.1, 0.15) is 23.6 Å². The van der Waals surface area contributed by atoms with Gasteiger partial charge in [-0.05, 0) is 48.6 Å². The molecule has 1 heterocycles. The molecule has 0 radical (unpaired) electrons. The molecule has 6 heteroatoms. The van der Waals surface area contributed by atoms with Crippen molar-refractivity contribution in [1.82, 2.24) is 25.4 Å². The fourth-order valence-corrected chi connectivity index (χ4v) is 3.50. The van der Waals surface area contributed by atoms with Gasteiger partial charge in [-0.3, -0.25) is 0 Å². The highest BCUT2D eigenvalue weighted by Gasteiger charge is 2.33. The van der Waals surface area contributed by atoms with Crippen molar-refractivity contribution in [3.8, 4) is 5.69 Å². The molecule has 0 saturated heterocycles. The predicted octanol–water partition coefficient (Wildman–Crippen LogP) is 2.62. The molecule has 2 N–H and O–H groups in total. The molecule has 26 heavy (non-hydrogen) atoms. The van der Waals surface area contributed by atoms with E-state index in [0.717, 1.165) is 24.1 Å². The molecule has 0 aliphatic heterocycles. The Morgan fingerprint density at radius 1 is 1.12 bits per heavy atom. The minimum absolute atomic E-state index is 0.138. The second-order valence-electron chi connectivity index (χ2n) is 7.00. The van der Waals surface area contributed by atoms with Gasteiger partial charge in [0.2, 0.25) is 0 Å². The van der Waals surface area contributed by atoms with E-state index in [1.54, 1.807) is 11.0 Å². The highest BCUT2D eigenvalue weighted by molar-refractivity contribution is 5.75. The van der Waals surface area contributed by atoms with Gasteiger partial charge in [-0.25, -0.2) is 14.5 Å². The van der Waals surface area contributed by atoms with E-state index in [0.29, 0.717) is 6.54 Å². The smallest absolute Gasteiger partial charge is 0.315 e. The molecule has 132 valence electrons. The summed E-state index contributed by atoms with van der Waals surface area (Å²) in [6, 6.07) is 16.1. The number of carbonyl (C=O) groups excluding carboxylic acids is 1. The standard InChI is InChI=1S/C20H21N5O/c1-20(10-16-4-2-3-5-17(16)11-20)24-19(26)22-12-15-6-8-18(9-7-15)25-14-21-13-23-25/h2-9,13-14H,10-12H2,1H3,(H2,22,24,26). The summed E-state index contributed by atoms with van der Waals surface area (Å²) in [7, 11) is 0. The van der Waals surface area contributed by atoms with E-state index in [1.807, 2.05) is 36.4 Å². The number of aromatic nitrogens is 3. The summed E-state index contributed by atoms with van der Waals surface area (Å²) in [4.78, 5) is 16.3. The van der Waals surface area contributed by atoms with Crippen molar-refractivity contribution in [1.29, 1.82) is 0 Å². The summed E-state index contributed by atoms with van der Waals surface area (Å²) in [5, 5.41) is 10.2. The van der Waals surface area contributed by atoms with Gasteiger partial charge in [0.05, 0.1) is 5.69 Å². The number of nitrogens with one attached hydrogen (secondary N) is 2. The second-order valence-corrected chi connectivity index (χ2v) is 7.00. The van der Waals surface area contributed by atoms with E-state index in [1.165, 1.54) is 17.5 Å². The molecule has 0 bridgehead atoms. The van der Waals surface area contributed by atoms with E-state index >= 15 is 0 Å². The molecule has 1 aliphatic carbocycles. The Labute approximate surface area is 152 Å². The maximum absolute atomic E-state index is 12.3. The average molecular weight is 347 g/mol. The van der Waals surface area contributed by atoms with Crippen LogP contribution in [0.15, 0.2) is 61.2 Å². The summed E-state index contributed by atoms with van der Waals surface area (Å²) >= 11 is 0. The number of amides is 2. The first kappa shape index (κ1) is 16.3. The van der Waals surface area contributed by atoms with E-state index < -0.39 is 0 Å². The molecule has 0 unspecified atom stereocenters. The Morgan fingerprint density at radius 2 is 1.81 bits per heavy atom. The van der Waals surface area contributed by atoms with Crippen LogP contribution in [-0.4, -0.2) is 26.3 Å². The van der Waals surface area contributed by atoms with Crippen LogP contribution >= 0.6 is 0 Å². The molecule has 1 aromatic heterocycles. The lowest BCUT2D eigenvalue weighted by Gasteiger charge is -2.25. The lowest BCUT2D eigenvalue weighted by Crippen LogP contribution is -2.50. The van der Waals surface area contributed by atoms with Crippen molar-refractivity contribution in [3.05, 3.63) is 77.9 Å². The number of nitrogens with zero attached hydrogens (tertiary/aromatic N) is 3. The third-order valence-corrected chi connectivity index (χ3v) is 4.77. The molecule has 3 aromatic rings. The van der Waals surface area contributed by atoms with Gasteiger partial charge in [0, 0.05) is 12.1 Å². The average Bonchev–Trinajstić information content (AvgIpc) is 3.27. The van der Waals surface area contributed by atoms with Crippen molar-refractivity contribution in [2.45, 2.75) is 31.8 Å². The number of hydrogen-bond acceptors (Lipinski definition) is 3. The third-order valence-electron chi connectivity index (χ3n) is 4.77. The van der Waals surface area contributed by atoms with Gasteiger partial charge in [-0.2, -0.15) is 5.10 Å². The van der Waals surface area contributed by atoms with Gasteiger partial charge < -0.3 is 10.6 Å². The maximum Gasteiger partial charge on any atom is 0.315 e. The van der Waals surface area contributed by atoms with Gasteiger partial charge in [0.1, 0.15) is 12.7 Å². The predicted molar refractivity (Wildman–Crippen MR) is 99.0 cm³/mol. The van der Waals surface area contributed by atoms with E-state index in [2.05, 4.69) is 39.8 Å². The summed E-state index contributed by atoms with van der Waals surface area (Å²) in [5.74, 6) is 0. The zero-order valence-corrected chi connectivity index (χ0v) is 14.6. The Kier molecular flexibility index (Phi) is 4.16. The van der Waals surface area contributed by atoms with Gasteiger partial charge in [0.25, 0.3) is 0 Å². The van der Waals surface area contributed by atoms with Gasteiger partial charge in [0.15, 0.2) is 0 Å². The minimum Gasteiger partial charge on any atom is -0.334 e. The van der Waals surface area contributed by atoms with Crippen LogP contribution in [0.2, 0.25) is 0 Å². The van der Waals surface area contributed by atoms with Crippen LogP contribution in [0.25, 0.3) is 5.69 Å². The van der Waals surface area contributed by atoms with Crippen molar-refractivity contribution in [2.24, 2.45) is 0 Å². The minimum atomic E-state index is -0.231. The zero-order chi connectivity index (χ0) is 18.0. The van der Waals surface area contributed by atoms with Crippen molar-refractivity contribution >= 4 is 6.03 Å². The quantitative estimate of drug-likeness (QED) is 0.762. The van der Waals surface area contributed by atoms with Gasteiger partial charge in [-0.1, -0.05) is 36.4 Å². The van der Waals surface area contributed by atoms with Gasteiger partial charge in [-0.15, -0.1) is 0 Å². The molecule has 6 nitrogen and oxygen atoms in total. The van der Waals surface area contributed by atoms with E-state index in [-0.39, 0.29) is 11.6 Å². The highest BCUT2D eigenvalue weighted by atomic mass is 16.2. The summed E-state index contributed by atoms with van der Waals surface area (Å²) in [5.41, 5.74) is 4.37. The van der Waals surface area contributed by atoms with Crippen molar-refractivity contribution in [2.75, 3.05) is 0 Å². The Hall–Kier alpha value is -3.15. The largest absolute Gasteiger partial charge is 0.334 e. The Bertz CT molecular complexity index is 877. The number of hydrogen-bond donors (Lipinski definition) is 2. The molecular formula is C20H21N5O. The zero-order valence-electron chi connectivity index (χ0n) is 14.6. The Balaban J connectivity index is 1.32. The number of fused-ring (bicyclic) bond motifs is 1. The highest BCUT2D eigenvalue weighted by Crippen LogP contribution is 2.29. The first-order valence-corrected chi connectivity index (χ1v) is 8.68. The maximum atomic E-state index is 12.3. The van der Waals surface area contributed by atoms with Crippen molar-refractivity contribution < 1.29 is 4.79 Å². The summed E-state index contributed by atoms with van der Waals surface area (Å²) < 4.78 is 1.70. The van der Waals surface area contributed by atoms with E-state index in [9.17, 15) is 4.79 Å². The Morgan fingerprint density at radius 3 is 2.42 bits per heavy atom. The molecule has 0 atom stereocenters. The first-order valence-electron chi connectivity index (χ1n) is 8.68. The number of rotatable bonds is 4. The lowest BCUT2D eigenvalue weighted by atomic mass is 9.99. The molecule has 4 rings (SSSR count). The van der Waals surface area contributed by atoms with Crippen LogP contribution < -0.4 is 10.6 Å². The SMILES string of the molecule is CC1(NC(=O)NCc2ccc(-n3cncn3)cc2)Cc2ccccc2C1. The summed E-state index contributed by atoms with van der Waals surface area (Å²) in [6.45, 7) is 2.58. The van der Waals surface area contributed by atoms with Gasteiger partial charge >= 0.3 is 6.03 Å². The van der Waals surface area contributed by atoms with Crippen molar-refractivity contribution in [3.63, 3.8) is 0 Å². The molecular weight excluding hydrogens is 326 g/mol. The third kappa shape index (κ3) is 3.44. The fraction of sp³-hybridized carbons (Fsp3) is 0.250. The molecule has 1 aliphatic rings. The van der Waals surface area contributed by atoms with Crippen LogP contribution in [0, 0.1) is 0 Å². The topological polar surface area (TPSA) is 71.8 Å². The monoisotopic (exact) mass is 347 g/mol. The van der Waals surface area contributed by atoms with Crippen LogP contribution in [-0.2, 0) is 19.4 Å². The second kappa shape index (κ2) is 6.63. The first-order chi connectivity index (χ1) is 12.6. The number of benzene rings is 2. The van der Waals surface area contributed by atoms with Crippen LogP contribution in [0.4, 0.5) is 4.79 Å². The molecule has 0 spiro atoms. The van der Waals surface area contributed by atoms with Crippen LogP contribution in [0.3, 0.4) is 0 Å². The molecule has 0 saturated carbocycles. The normalized spacial score (nSPS) is 14.7. The summed E-state index contributed by atoms with van der Waals surface area (Å²) in [6.07, 6.45) is 4.88. The number of urea groups is 1. The van der Waals surface area contributed by atoms with Crippen LogP contribution in [0.5, 0.6) is 0 Å². The number of carbonyl (C=O) groups is 1. The molecule has 2 amide bonds.